The van der Waals surface area contributed by atoms with Crippen LogP contribution in [-0.2, 0) is 0 Å². The number of nitrogens with zero attached hydrogens (tertiary/aromatic N) is 4. The van der Waals surface area contributed by atoms with Crippen molar-refractivity contribution in [2.24, 2.45) is 0 Å². The van der Waals surface area contributed by atoms with E-state index < -0.39 is 0 Å². The van der Waals surface area contributed by atoms with Gasteiger partial charge >= 0.3 is 0 Å². The van der Waals surface area contributed by atoms with E-state index in [1.54, 1.807) is 0 Å². The Balaban J connectivity index is 0.853. The normalized spacial score (nSPS) is 11.3. The van der Waals surface area contributed by atoms with Gasteiger partial charge < -0.3 is 0 Å². The molecular formula is C62H38N4. The third-order valence-corrected chi connectivity index (χ3v) is 12.7. The highest BCUT2D eigenvalue weighted by Crippen LogP contribution is 2.48. The zero-order valence-corrected chi connectivity index (χ0v) is 35.7. The Kier molecular flexibility index (Phi) is 9.51. The molecule has 306 valence electrons. The molecular weight excluding hydrogens is 801 g/mol. The highest BCUT2D eigenvalue weighted by Gasteiger charge is 2.22. The minimum atomic E-state index is 0.605. The van der Waals surface area contributed by atoms with Gasteiger partial charge in [-0.15, -0.1) is 0 Å². The van der Waals surface area contributed by atoms with Crippen LogP contribution in [0.25, 0.3) is 123 Å². The molecule has 0 unspecified atom stereocenters. The van der Waals surface area contributed by atoms with Crippen LogP contribution in [-0.4, -0.2) is 15.0 Å². The molecule has 0 saturated carbocycles. The van der Waals surface area contributed by atoms with E-state index in [0.717, 1.165) is 72.3 Å². The lowest BCUT2D eigenvalue weighted by molar-refractivity contribution is 1.07. The number of rotatable bonds is 8. The highest BCUT2D eigenvalue weighted by molar-refractivity contribution is 6.15. The number of nitriles is 1. The van der Waals surface area contributed by atoms with E-state index in [1.165, 1.54) is 33.0 Å². The Morgan fingerprint density at radius 2 is 0.636 bits per heavy atom. The first kappa shape index (κ1) is 38.6. The molecule has 0 aliphatic heterocycles. The van der Waals surface area contributed by atoms with Gasteiger partial charge in [0.05, 0.1) is 11.6 Å². The summed E-state index contributed by atoms with van der Waals surface area (Å²) in [6, 6.07) is 82.9. The zero-order valence-electron chi connectivity index (χ0n) is 35.7. The van der Waals surface area contributed by atoms with Crippen LogP contribution in [0.4, 0.5) is 0 Å². The lowest BCUT2D eigenvalue weighted by Gasteiger charge is -2.12. The monoisotopic (exact) mass is 838 g/mol. The lowest BCUT2D eigenvalue weighted by atomic mass is 9.92. The maximum atomic E-state index is 10.3. The molecule has 0 saturated heterocycles. The average molecular weight is 839 g/mol. The van der Waals surface area contributed by atoms with Gasteiger partial charge in [-0.2, -0.15) is 5.26 Å². The molecule has 66 heavy (non-hydrogen) atoms. The predicted molar refractivity (Wildman–Crippen MR) is 270 cm³/mol. The molecule has 1 heterocycles. The molecule has 0 radical (unpaired) electrons. The summed E-state index contributed by atoms with van der Waals surface area (Å²) in [5.41, 5.74) is 19.2. The molecule has 0 spiro atoms. The van der Waals surface area contributed by atoms with Crippen LogP contribution < -0.4 is 0 Å². The third-order valence-electron chi connectivity index (χ3n) is 12.7. The summed E-state index contributed by atoms with van der Waals surface area (Å²) in [5.74, 6) is 1.84. The first-order valence-electron chi connectivity index (χ1n) is 22.1. The van der Waals surface area contributed by atoms with Crippen LogP contribution in [0.2, 0.25) is 0 Å². The van der Waals surface area contributed by atoms with Gasteiger partial charge in [-0.25, -0.2) is 15.0 Å². The van der Waals surface area contributed by atoms with Crippen molar-refractivity contribution in [1.82, 2.24) is 15.0 Å². The fraction of sp³-hybridized carbons (Fsp3) is 0. The first-order valence-corrected chi connectivity index (χ1v) is 22.1. The fourth-order valence-electron chi connectivity index (χ4n) is 9.38. The summed E-state index contributed by atoms with van der Waals surface area (Å²) >= 11 is 0. The predicted octanol–water partition coefficient (Wildman–Crippen LogP) is 15.9. The Hall–Kier alpha value is -9.04. The van der Waals surface area contributed by atoms with Crippen molar-refractivity contribution in [1.29, 1.82) is 5.26 Å². The molecule has 10 aromatic carbocycles. The molecule has 0 amide bonds. The van der Waals surface area contributed by atoms with E-state index in [4.69, 9.17) is 15.0 Å². The van der Waals surface area contributed by atoms with Crippen molar-refractivity contribution in [2.75, 3.05) is 0 Å². The first-order chi connectivity index (χ1) is 32.6. The summed E-state index contributed by atoms with van der Waals surface area (Å²) in [4.78, 5) is 15.0. The van der Waals surface area contributed by atoms with Crippen molar-refractivity contribution in [2.45, 2.75) is 0 Å². The summed E-state index contributed by atoms with van der Waals surface area (Å²) < 4.78 is 0. The topological polar surface area (TPSA) is 62.5 Å². The SMILES string of the molecule is N#Cc1cc(-c2cccc(-c3ccc(-c4nc(-c5ccccc5)nc(-c5cccc(-c6ccccc6)c5)n4)cc3)c2)cc(-c2cccc(-c3ccc4c(c3)-c3cccc5cccc-4c35)c2)c1. The number of aromatic nitrogens is 3. The molecule has 0 fully saturated rings. The molecule has 11 aromatic rings. The fourth-order valence-corrected chi connectivity index (χ4v) is 9.38. The molecule has 1 aliphatic carbocycles. The Morgan fingerprint density at radius 3 is 1.23 bits per heavy atom. The number of benzene rings is 10. The van der Waals surface area contributed by atoms with E-state index in [9.17, 15) is 5.26 Å². The van der Waals surface area contributed by atoms with Gasteiger partial charge in [0.15, 0.2) is 17.5 Å². The average Bonchev–Trinajstić information content (AvgIpc) is 3.73. The maximum absolute atomic E-state index is 10.3. The largest absolute Gasteiger partial charge is 0.208 e. The highest BCUT2D eigenvalue weighted by atomic mass is 15.0. The molecule has 1 aliphatic rings. The molecule has 0 atom stereocenters. The van der Waals surface area contributed by atoms with Gasteiger partial charge in [0, 0.05) is 16.7 Å². The summed E-state index contributed by atoms with van der Waals surface area (Å²) in [7, 11) is 0. The maximum Gasteiger partial charge on any atom is 0.164 e. The van der Waals surface area contributed by atoms with Gasteiger partial charge in [-0.05, 0) is 131 Å². The molecule has 12 rings (SSSR count). The molecule has 4 nitrogen and oxygen atoms in total. The summed E-state index contributed by atoms with van der Waals surface area (Å²) in [6.07, 6.45) is 0. The minimum absolute atomic E-state index is 0.605. The Labute approximate surface area is 383 Å². The van der Waals surface area contributed by atoms with E-state index in [0.29, 0.717) is 23.0 Å². The van der Waals surface area contributed by atoms with Crippen LogP contribution in [0, 0.1) is 11.3 Å². The molecule has 1 aromatic heterocycles. The molecule has 0 N–H and O–H groups in total. The van der Waals surface area contributed by atoms with Crippen molar-refractivity contribution in [3.05, 3.63) is 236 Å². The van der Waals surface area contributed by atoms with Gasteiger partial charge in [-0.3, -0.25) is 0 Å². The van der Waals surface area contributed by atoms with E-state index in [2.05, 4.69) is 188 Å². The van der Waals surface area contributed by atoms with Gasteiger partial charge in [-0.1, -0.05) is 188 Å². The van der Waals surface area contributed by atoms with Gasteiger partial charge in [0.2, 0.25) is 0 Å². The number of fused-ring (bicyclic) bond motifs is 3. The quantitative estimate of drug-likeness (QED) is 0.153. The standard InChI is InChI=1S/C62H38N4/c63-39-40-32-53(37-54(33-40)50-22-8-20-48(35-50)51-30-31-55-56-24-10-16-43-17-11-25-57(59(43)56)58(55)38-51)49-21-7-18-46(34-49)42-26-28-45(29-27-42)61-64-60(44-14-5-2-6-15-44)65-62(66-61)52-23-9-19-47(36-52)41-12-3-1-4-13-41/h1-38H. The van der Waals surface area contributed by atoms with E-state index >= 15 is 0 Å². The Bertz CT molecular complexity index is 3690. The molecule has 4 heteroatoms. The second-order valence-electron chi connectivity index (χ2n) is 16.7. The number of hydrogen-bond donors (Lipinski definition) is 0. The number of hydrogen-bond acceptors (Lipinski definition) is 4. The zero-order chi connectivity index (χ0) is 44.0. The van der Waals surface area contributed by atoms with Gasteiger partial charge in [0.25, 0.3) is 0 Å². The van der Waals surface area contributed by atoms with E-state index in [1.807, 2.05) is 48.5 Å². The van der Waals surface area contributed by atoms with Crippen LogP contribution >= 0.6 is 0 Å². The van der Waals surface area contributed by atoms with Crippen LogP contribution in [0.5, 0.6) is 0 Å². The van der Waals surface area contributed by atoms with Crippen LogP contribution in [0.3, 0.4) is 0 Å². The summed E-state index contributed by atoms with van der Waals surface area (Å²) in [5, 5.41) is 12.9. The van der Waals surface area contributed by atoms with Crippen molar-refractivity contribution in [3.8, 4) is 118 Å². The van der Waals surface area contributed by atoms with E-state index in [-0.39, 0.29) is 0 Å². The third kappa shape index (κ3) is 7.12. The second-order valence-corrected chi connectivity index (χ2v) is 16.7. The second kappa shape index (κ2) is 16.3. The van der Waals surface area contributed by atoms with Crippen molar-refractivity contribution < 1.29 is 0 Å². The smallest absolute Gasteiger partial charge is 0.164 e. The van der Waals surface area contributed by atoms with Crippen molar-refractivity contribution >= 4 is 10.8 Å². The summed E-state index contributed by atoms with van der Waals surface area (Å²) in [6.45, 7) is 0. The minimum Gasteiger partial charge on any atom is -0.208 e. The van der Waals surface area contributed by atoms with Crippen molar-refractivity contribution in [3.63, 3.8) is 0 Å². The van der Waals surface area contributed by atoms with Gasteiger partial charge in [0.1, 0.15) is 0 Å². The lowest BCUT2D eigenvalue weighted by Crippen LogP contribution is -2.00. The Morgan fingerprint density at radius 1 is 0.258 bits per heavy atom. The van der Waals surface area contributed by atoms with Crippen LogP contribution in [0.1, 0.15) is 5.56 Å². The van der Waals surface area contributed by atoms with Crippen LogP contribution in [0.15, 0.2) is 231 Å². The molecule has 0 bridgehead atoms.